The Bertz CT molecular complexity index is 518. The van der Waals surface area contributed by atoms with Crippen LogP contribution in [0, 0.1) is 11.8 Å². The third kappa shape index (κ3) is 6.63. The molecule has 0 bridgehead atoms. The van der Waals surface area contributed by atoms with Crippen LogP contribution in [-0.2, 0) is 4.74 Å². The average Bonchev–Trinajstić information content (AvgIpc) is 3.19. The molecule has 1 N–H and O–H groups in total. The Kier molecular flexibility index (Phi) is 7.32. The summed E-state index contributed by atoms with van der Waals surface area (Å²) in [6.45, 7) is 9.49. The predicted octanol–water partition coefficient (Wildman–Crippen LogP) is 5.07. The normalized spacial score (nSPS) is 18.1. The molecule has 1 aliphatic rings. The number of nitrogens with zero attached hydrogens (tertiary/aromatic N) is 1. The van der Waals surface area contributed by atoms with Gasteiger partial charge in [0.2, 0.25) is 0 Å². The van der Waals surface area contributed by atoms with Crippen molar-refractivity contribution in [2.45, 2.75) is 65.0 Å². The van der Waals surface area contributed by atoms with Gasteiger partial charge in [-0.1, -0.05) is 25.8 Å². The highest BCUT2D eigenvalue weighted by molar-refractivity contribution is 7.10. The quantitative estimate of drug-likeness (QED) is 0.732. The third-order valence-corrected chi connectivity index (χ3v) is 5.65. The van der Waals surface area contributed by atoms with Crippen molar-refractivity contribution in [1.29, 1.82) is 0 Å². The van der Waals surface area contributed by atoms with Crippen molar-refractivity contribution in [2.75, 3.05) is 20.1 Å². The lowest BCUT2D eigenvalue weighted by Crippen LogP contribution is -2.39. The molecule has 1 aliphatic carbocycles. The number of rotatable bonds is 7. The molecule has 1 saturated carbocycles. The molecule has 0 aromatic carbocycles. The maximum Gasteiger partial charge on any atom is 0.410 e. The third-order valence-electron chi connectivity index (χ3n) is 4.70. The van der Waals surface area contributed by atoms with Gasteiger partial charge in [-0.3, -0.25) is 0 Å². The average molecular weight is 367 g/mol. The lowest BCUT2D eigenvalue weighted by molar-refractivity contribution is 0.0276. The second kappa shape index (κ2) is 9.04. The number of ether oxygens (including phenoxy) is 1. The topological polar surface area (TPSA) is 41.6 Å². The molecule has 4 nitrogen and oxygen atoms in total. The van der Waals surface area contributed by atoms with Gasteiger partial charge >= 0.3 is 6.09 Å². The molecule has 5 heteroatoms. The Morgan fingerprint density at radius 3 is 2.64 bits per heavy atom. The Morgan fingerprint density at radius 2 is 2.08 bits per heavy atom. The molecule has 1 aromatic heterocycles. The van der Waals surface area contributed by atoms with Gasteiger partial charge in [0.1, 0.15) is 5.60 Å². The summed E-state index contributed by atoms with van der Waals surface area (Å²) in [5, 5.41) is 5.95. The van der Waals surface area contributed by atoms with E-state index in [4.69, 9.17) is 4.74 Å². The zero-order valence-corrected chi connectivity index (χ0v) is 17.2. The zero-order chi connectivity index (χ0) is 18.4. The van der Waals surface area contributed by atoms with Gasteiger partial charge in [0.15, 0.2) is 0 Å². The summed E-state index contributed by atoms with van der Waals surface area (Å²) in [6, 6.07) is 4.85. The minimum atomic E-state index is -0.445. The molecule has 1 aromatic rings. The minimum absolute atomic E-state index is 0.245. The first-order valence-electron chi connectivity index (χ1n) is 9.47. The molecule has 2 atom stereocenters. The summed E-state index contributed by atoms with van der Waals surface area (Å²) >= 11 is 1.85. The fraction of sp³-hybridized carbons (Fsp3) is 0.750. The van der Waals surface area contributed by atoms with Gasteiger partial charge < -0.3 is 15.0 Å². The maximum atomic E-state index is 12.1. The van der Waals surface area contributed by atoms with E-state index >= 15 is 0 Å². The van der Waals surface area contributed by atoms with Gasteiger partial charge in [-0.2, -0.15) is 0 Å². The van der Waals surface area contributed by atoms with Crippen molar-refractivity contribution >= 4 is 17.4 Å². The van der Waals surface area contributed by atoms with Gasteiger partial charge in [0.25, 0.3) is 0 Å². The van der Waals surface area contributed by atoms with Gasteiger partial charge in [-0.25, -0.2) is 4.79 Å². The zero-order valence-electron chi connectivity index (χ0n) is 16.4. The van der Waals surface area contributed by atoms with Gasteiger partial charge in [0.05, 0.1) is 0 Å². The second-order valence-corrected chi connectivity index (χ2v) is 9.39. The fourth-order valence-electron chi connectivity index (χ4n) is 3.53. The number of carbonyl (C=O) groups is 1. The molecule has 1 fully saturated rings. The number of amides is 1. The molecule has 0 saturated heterocycles. The van der Waals surface area contributed by atoms with Crippen molar-refractivity contribution in [1.82, 2.24) is 10.2 Å². The SMILES string of the molecule is CC(CNC(c1cccs1)C1CCCC1)CN(C)C(=O)OC(C)(C)C. The van der Waals surface area contributed by atoms with Crippen LogP contribution in [0.4, 0.5) is 4.79 Å². The van der Waals surface area contributed by atoms with Crippen molar-refractivity contribution in [3.63, 3.8) is 0 Å². The highest BCUT2D eigenvalue weighted by Gasteiger charge is 2.27. The van der Waals surface area contributed by atoms with E-state index < -0.39 is 5.60 Å². The van der Waals surface area contributed by atoms with Crippen LogP contribution >= 0.6 is 11.3 Å². The molecule has 1 amide bonds. The van der Waals surface area contributed by atoms with Crippen molar-refractivity contribution in [3.8, 4) is 0 Å². The van der Waals surface area contributed by atoms with E-state index in [0.717, 1.165) is 12.5 Å². The highest BCUT2D eigenvalue weighted by atomic mass is 32.1. The molecule has 142 valence electrons. The Morgan fingerprint density at radius 1 is 1.40 bits per heavy atom. The molecule has 0 radical (unpaired) electrons. The van der Waals surface area contributed by atoms with Gasteiger partial charge in [-0.15, -0.1) is 11.3 Å². The number of thiophene rings is 1. The molecular weight excluding hydrogens is 332 g/mol. The van der Waals surface area contributed by atoms with E-state index in [0.29, 0.717) is 18.5 Å². The molecule has 1 heterocycles. The molecule has 2 unspecified atom stereocenters. The van der Waals surface area contributed by atoms with Crippen LogP contribution in [0.25, 0.3) is 0 Å². The monoisotopic (exact) mass is 366 g/mol. The second-order valence-electron chi connectivity index (χ2n) is 8.41. The van der Waals surface area contributed by atoms with E-state index in [-0.39, 0.29) is 6.09 Å². The number of carbonyl (C=O) groups excluding carboxylic acids is 1. The number of nitrogens with one attached hydrogen (secondary N) is 1. The lowest BCUT2D eigenvalue weighted by atomic mass is 9.96. The van der Waals surface area contributed by atoms with Crippen LogP contribution in [0.5, 0.6) is 0 Å². The standard InChI is InChI=1S/C20H34N2O2S/c1-15(14-22(5)19(23)24-20(2,3)4)13-21-18(16-9-6-7-10-16)17-11-8-12-25-17/h8,11-12,15-16,18,21H,6-7,9-10,13-14H2,1-5H3. The van der Waals surface area contributed by atoms with Crippen LogP contribution in [0.2, 0.25) is 0 Å². The van der Waals surface area contributed by atoms with Crippen LogP contribution < -0.4 is 5.32 Å². The predicted molar refractivity (Wildman–Crippen MR) is 105 cm³/mol. The lowest BCUT2D eigenvalue weighted by Gasteiger charge is -2.28. The number of hydrogen-bond acceptors (Lipinski definition) is 4. The Labute approximate surface area is 156 Å². The van der Waals surface area contributed by atoms with Crippen LogP contribution in [0.15, 0.2) is 17.5 Å². The highest BCUT2D eigenvalue weighted by Crippen LogP contribution is 2.37. The first-order chi connectivity index (χ1) is 11.8. The summed E-state index contributed by atoms with van der Waals surface area (Å²) in [5.74, 6) is 1.12. The molecular formula is C20H34N2O2S. The van der Waals surface area contributed by atoms with E-state index in [1.165, 1.54) is 30.6 Å². The first kappa shape index (κ1) is 20.2. The summed E-state index contributed by atoms with van der Waals surface area (Å²) in [5.41, 5.74) is -0.445. The van der Waals surface area contributed by atoms with Crippen molar-refractivity contribution in [3.05, 3.63) is 22.4 Å². The van der Waals surface area contributed by atoms with E-state index in [9.17, 15) is 4.79 Å². The molecule has 0 aliphatic heterocycles. The van der Waals surface area contributed by atoms with Crippen LogP contribution in [-0.4, -0.2) is 36.7 Å². The van der Waals surface area contributed by atoms with Crippen LogP contribution in [0.1, 0.15) is 64.3 Å². The molecule has 25 heavy (non-hydrogen) atoms. The smallest absolute Gasteiger partial charge is 0.410 e. The van der Waals surface area contributed by atoms with E-state index in [1.807, 2.05) is 39.2 Å². The van der Waals surface area contributed by atoms with Crippen molar-refractivity contribution in [2.24, 2.45) is 11.8 Å². The molecule has 0 spiro atoms. The van der Waals surface area contributed by atoms with Crippen LogP contribution in [0.3, 0.4) is 0 Å². The maximum absolute atomic E-state index is 12.1. The summed E-state index contributed by atoms with van der Waals surface area (Å²) in [4.78, 5) is 15.2. The fourth-order valence-corrected chi connectivity index (χ4v) is 4.43. The summed E-state index contributed by atoms with van der Waals surface area (Å²) in [6.07, 6.45) is 5.10. The Hall–Kier alpha value is -1.07. The molecule has 2 rings (SSSR count). The number of hydrogen-bond donors (Lipinski definition) is 1. The Balaban J connectivity index is 1.84. The van der Waals surface area contributed by atoms with E-state index in [1.54, 1.807) is 4.90 Å². The van der Waals surface area contributed by atoms with E-state index in [2.05, 4.69) is 29.8 Å². The van der Waals surface area contributed by atoms with Crippen molar-refractivity contribution < 1.29 is 9.53 Å². The van der Waals surface area contributed by atoms with Gasteiger partial charge in [-0.05, 0) is 63.4 Å². The summed E-state index contributed by atoms with van der Waals surface area (Å²) in [7, 11) is 1.82. The minimum Gasteiger partial charge on any atom is -0.444 e. The first-order valence-corrected chi connectivity index (χ1v) is 10.3. The van der Waals surface area contributed by atoms with Gasteiger partial charge in [0, 0.05) is 24.5 Å². The largest absolute Gasteiger partial charge is 0.444 e. The summed E-state index contributed by atoms with van der Waals surface area (Å²) < 4.78 is 5.43.